The molecule has 0 aliphatic heterocycles. The molecule has 1 amide bonds. The van der Waals surface area contributed by atoms with Gasteiger partial charge in [0.25, 0.3) is 5.91 Å². The predicted octanol–water partition coefficient (Wildman–Crippen LogP) is 7.68. The number of aromatic nitrogens is 3. The summed E-state index contributed by atoms with van der Waals surface area (Å²) in [5, 5.41) is 3.51. The van der Waals surface area contributed by atoms with Crippen molar-refractivity contribution in [2.45, 2.75) is 32.1 Å². The van der Waals surface area contributed by atoms with E-state index in [0.717, 1.165) is 39.9 Å². The van der Waals surface area contributed by atoms with Crippen molar-refractivity contribution >= 4 is 72.2 Å². The number of amides is 1. The van der Waals surface area contributed by atoms with Crippen LogP contribution in [-0.2, 0) is 17.6 Å². The van der Waals surface area contributed by atoms with E-state index in [1.165, 1.54) is 16.9 Å². The minimum absolute atomic E-state index is 0.199. The number of esters is 1. The summed E-state index contributed by atoms with van der Waals surface area (Å²) in [6.45, 7) is 2.01. The van der Waals surface area contributed by atoms with Gasteiger partial charge in [-0.15, -0.1) is 11.3 Å². The van der Waals surface area contributed by atoms with Crippen LogP contribution >= 0.6 is 27.3 Å². The Labute approximate surface area is 266 Å². The number of nitrogens with zero attached hydrogens (tertiary/aromatic N) is 3. The molecule has 0 spiro atoms. The number of carbonyl (C=O) groups is 2. The lowest BCUT2D eigenvalue weighted by molar-refractivity contribution is 0.0526. The Morgan fingerprint density at radius 2 is 1.70 bits per heavy atom. The normalized spacial score (nSPS) is 14.5. The van der Waals surface area contributed by atoms with Crippen molar-refractivity contribution in [3.63, 3.8) is 0 Å². The quantitative estimate of drug-likeness (QED) is 0.177. The van der Waals surface area contributed by atoms with Crippen molar-refractivity contribution in [2.75, 3.05) is 17.7 Å². The van der Waals surface area contributed by atoms with E-state index in [1.54, 1.807) is 11.5 Å². The molecule has 6 aromatic rings. The fourth-order valence-corrected chi connectivity index (χ4v) is 7.58. The Morgan fingerprint density at radius 3 is 2.43 bits per heavy atom. The van der Waals surface area contributed by atoms with Gasteiger partial charge in [0.05, 0.1) is 23.2 Å². The highest BCUT2D eigenvalue weighted by atomic mass is 79.9. The molecule has 3 aromatic heterocycles. The maximum atomic E-state index is 14.2. The highest BCUT2D eigenvalue weighted by Crippen LogP contribution is 2.43. The summed E-state index contributed by atoms with van der Waals surface area (Å²) >= 11 is 4.92. The molecule has 1 aliphatic carbocycles. The molecular weight excluding hydrogens is 638 g/mol. The van der Waals surface area contributed by atoms with E-state index in [2.05, 4.69) is 45.5 Å². The molecule has 8 nitrogen and oxygen atoms in total. The summed E-state index contributed by atoms with van der Waals surface area (Å²) in [4.78, 5) is 38.3. The van der Waals surface area contributed by atoms with Gasteiger partial charge in [-0.2, -0.15) is 0 Å². The molecule has 44 heavy (non-hydrogen) atoms. The van der Waals surface area contributed by atoms with E-state index in [0.29, 0.717) is 38.7 Å². The molecule has 0 fully saturated rings. The van der Waals surface area contributed by atoms with Gasteiger partial charge >= 0.3 is 5.97 Å². The van der Waals surface area contributed by atoms with Crippen LogP contribution in [0.2, 0.25) is 0 Å². The van der Waals surface area contributed by atoms with Gasteiger partial charge in [0.15, 0.2) is 5.65 Å². The number of rotatable bonds is 6. The third-order valence-corrected chi connectivity index (χ3v) is 9.75. The van der Waals surface area contributed by atoms with Crippen molar-refractivity contribution in [3.8, 4) is 5.69 Å². The second kappa shape index (κ2) is 11.5. The van der Waals surface area contributed by atoms with Gasteiger partial charge in [-0.25, -0.2) is 14.8 Å². The van der Waals surface area contributed by atoms with E-state index < -0.39 is 11.9 Å². The molecule has 0 saturated carbocycles. The minimum Gasteiger partial charge on any atom is -0.462 e. The number of nitrogens with one attached hydrogen (secondary N) is 1. The number of ether oxygens (including phenoxy) is 1. The molecule has 1 atom stereocenters. The highest BCUT2D eigenvalue weighted by Gasteiger charge is 2.32. The lowest BCUT2D eigenvalue weighted by Gasteiger charge is -2.23. The highest BCUT2D eigenvalue weighted by molar-refractivity contribution is 9.10. The molecule has 1 aliphatic rings. The summed E-state index contributed by atoms with van der Waals surface area (Å²) in [5.74, 6) is -0.353. The molecule has 0 saturated heterocycles. The fraction of sp³-hybridized carbons (Fsp3) is 0.176. The Morgan fingerprint density at radius 1 is 1.00 bits per heavy atom. The second-order valence-electron chi connectivity index (χ2n) is 10.7. The van der Waals surface area contributed by atoms with Crippen molar-refractivity contribution in [1.82, 2.24) is 14.5 Å². The van der Waals surface area contributed by atoms with E-state index in [-0.39, 0.29) is 18.0 Å². The van der Waals surface area contributed by atoms with Crippen molar-refractivity contribution in [1.29, 1.82) is 0 Å². The zero-order valence-electron chi connectivity index (χ0n) is 23.8. The zero-order chi connectivity index (χ0) is 30.4. The van der Waals surface area contributed by atoms with Gasteiger partial charge in [-0.3, -0.25) is 9.36 Å². The number of hydrogen-bond donors (Lipinski definition) is 2. The maximum Gasteiger partial charge on any atom is 0.341 e. The number of thiophene rings is 1. The van der Waals surface area contributed by atoms with E-state index in [4.69, 9.17) is 20.4 Å². The molecule has 0 radical (unpaired) electrons. The monoisotopic (exact) mass is 665 g/mol. The summed E-state index contributed by atoms with van der Waals surface area (Å²) < 4.78 is 8.12. The Bertz CT molecular complexity index is 2050. The van der Waals surface area contributed by atoms with Gasteiger partial charge in [-0.1, -0.05) is 58.4 Å². The molecule has 0 bridgehead atoms. The molecule has 7 rings (SSSR count). The summed E-state index contributed by atoms with van der Waals surface area (Å²) in [6, 6.07) is 25.5. The number of halogens is 1. The first-order chi connectivity index (χ1) is 21.4. The number of nitrogens with two attached hydrogens (primary N) is 1. The average Bonchev–Trinajstić information content (AvgIpc) is 3.53. The minimum atomic E-state index is -0.461. The standard InChI is InChI=1S/C34H28BrN5O3S/c1-2-43-34(42)27-23-17-12-20(19-8-4-3-5-9-19)18-26(23)44-33(27)39-32(41)28-29-31(38-25-11-7-6-10-24(25)37-29)40(30(28)36)22-15-13-21(35)14-16-22/h3-11,13-16,20H,2,12,17-18,36H2,1H3,(H,39,41). The molecule has 10 heteroatoms. The Balaban J connectivity index is 1.33. The number of hydrogen-bond acceptors (Lipinski definition) is 7. The van der Waals surface area contributed by atoms with Crippen LogP contribution in [0.25, 0.3) is 27.9 Å². The third kappa shape index (κ3) is 4.93. The first-order valence-corrected chi connectivity index (χ1v) is 16.0. The van der Waals surface area contributed by atoms with Crippen LogP contribution in [0.15, 0.2) is 83.3 Å². The third-order valence-electron chi connectivity index (χ3n) is 8.05. The van der Waals surface area contributed by atoms with Crippen LogP contribution in [0, 0.1) is 0 Å². The van der Waals surface area contributed by atoms with Gasteiger partial charge in [-0.05, 0) is 79.6 Å². The zero-order valence-corrected chi connectivity index (χ0v) is 26.2. The first-order valence-electron chi connectivity index (χ1n) is 14.4. The van der Waals surface area contributed by atoms with Gasteiger partial charge in [0.1, 0.15) is 21.9 Å². The van der Waals surface area contributed by atoms with Crippen molar-refractivity contribution in [2.24, 2.45) is 0 Å². The summed E-state index contributed by atoms with van der Waals surface area (Å²) in [7, 11) is 0. The molecule has 3 N–H and O–H groups in total. The largest absolute Gasteiger partial charge is 0.462 e. The maximum absolute atomic E-state index is 14.2. The number of para-hydroxylation sites is 2. The SMILES string of the molecule is CCOC(=O)c1c(NC(=O)c2c(N)n(-c3ccc(Br)cc3)c3nc4ccccc4nc23)sc2c1CCC(c1ccccc1)C2. The van der Waals surface area contributed by atoms with Crippen LogP contribution in [0.3, 0.4) is 0 Å². The number of anilines is 2. The van der Waals surface area contributed by atoms with Crippen LogP contribution in [0.5, 0.6) is 0 Å². The summed E-state index contributed by atoms with van der Waals surface area (Å²) in [5.41, 5.74) is 12.5. The van der Waals surface area contributed by atoms with Gasteiger partial charge in [0.2, 0.25) is 0 Å². The van der Waals surface area contributed by atoms with Crippen molar-refractivity contribution in [3.05, 3.63) is 110 Å². The smallest absolute Gasteiger partial charge is 0.341 e. The molecule has 1 unspecified atom stereocenters. The Hall–Kier alpha value is -4.54. The topological polar surface area (TPSA) is 112 Å². The summed E-state index contributed by atoms with van der Waals surface area (Å²) in [6.07, 6.45) is 2.41. The number of carbonyl (C=O) groups excluding carboxylic acids is 2. The van der Waals surface area contributed by atoms with Crippen LogP contribution < -0.4 is 11.1 Å². The molecule has 220 valence electrons. The van der Waals surface area contributed by atoms with Crippen LogP contribution in [-0.4, -0.2) is 33.0 Å². The van der Waals surface area contributed by atoms with E-state index in [9.17, 15) is 9.59 Å². The van der Waals surface area contributed by atoms with Crippen LogP contribution in [0.4, 0.5) is 10.8 Å². The van der Waals surface area contributed by atoms with E-state index in [1.807, 2.05) is 54.6 Å². The van der Waals surface area contributed by atoms with Gasteiger partial charge < -0.3 is 15.8 Å². The fourth-order valence-electron chi connectivity index (χ4n) is 6.01. The first kappa shape index (κ1) is 28.2. The molecule has 3 heterocycles. The average molecular weight is 667 g/mol. The van der Waals surface area contributed by atoms with E-state index >= 15 is 0 Å². The predicted molar refractivity (Wildman–Crippen MR) is 178 cm³/mol. The lowest BCUT2D eigenvalue weighted by Crippen LogP contribution is -2.18. The number of nitrogen functional groups attached to an aromatic ring is 1. The number of benzene rings is 3. The molecular formula is C34H28BrN5O3S. The lowest BCUT2D eigenvalue weighted by atomic mass is 9.83. The molecule has 3 aromatic carbocycles. The second-order valence-corrected chi connectivity index (χ2v) is 12.7. The van der Waals surface area contributed by atoms with Crippen LogP contribution in [0.1, 0.15) is 56.0 Å². The Kier molecular flexibility index (Phi) is 7.39. The number of fused-ring (bicyclic) bond motifs is 3. The van der Waals surface area contributed by atoms with Crippen molar-refractivity contribution < 1.29 is 14.3 Å². The van der Waals surface area contributed by atoms with Gasteiger partial charge in [0, 0.05) is 15.0 Å².